The highest BCUT2D eigenvalue weighted by Crippen LogP contribution is 2.33. The lowest BCUT2D eigenvalue weighted by molar-refractivity contribution is -0.149. The molecule has 0 saturated heterocycles. The lowest BCUT2D eigenvalue weighted by Gasteiger charge is -2.29. The van der Waals surface area contributed by atoms with E-state index in [1.807, 2.05) is 12.1 Å². The minimum absolute atomic E-state index is 0.130. The first kappa shape index (κ1) is 21.9. The topological polar surface area (TPSA) is 115 Å². The second kappa shape index (κ2) is 8.65. The molecule has 0 N–H and O–H groups in total. The van der Waals surface area contributed by atoms with Gasteiger partial charge in [0.25, 0.3) is 15.9 Å². The Balaban J connectivity index is 1.36. The third-order valence-electron chi connectivity index (χ3n) is 5.46. The molecule has 0 fully saturated rings. The molecule has 11 heteroatoms. The predicted octanol–water partition coefficient (Wildman–Crippen LogP) is 0.629. The van der Waals surface area contributed by atoms with Crippen LogP contribution in [0.1, 0.15) is 11.1 Å². The van der Waals surface area contributed by atoms with Gasteiger partial charge in [0.15, 0.2) is 18.1 Å². The van der Waals surface area contributed by atoms with Gasteiger partial charge >= 0.3 is 5.97 Å². The van der Waals surface area contributed by atoms with E-state index >= 15 is 0 Å². The maximum absolute atomic E-state index is 12.6. The number of carbonyl (C=O) groups excluding carboxylic acids is 2. The Labute approximate surface area is 185 Å². The van der Waals surface area contributed by atoms with Crippen molar-refractivity contribution in [2.45, 2.75) is 13.0 Å². The molecule has 10 nitrogen and oxygen atoms in total. The van der Waals surface area contributed by atoms with E-state index in [4.69, 9.17) is 14.2 Å². The van der Waals surface area contributed by atoms with Crippen LogP contribution < -0.4 is 9.47 Å². The summed E-state index contributed by atoms with van der Waals surface area (Å²) in [6, 6.07) is 3.77. The number of nitrogens with zero attached hydrogens (tertiary/aromatic N) is 3. The van der Waals surface area contributed by atoms with Crippen molar-refractivity contribution < 1.29 is 32.2 Å². The summed E-state index contributed by atoms with van der Waals surface area (Å²) in [5, 5.41) is 0. The van der Waals surface area contributed by atoms with Crippen LogP contribution in [0.2, 0.25) is 0 Å². The van der Waals surface area contributed by atoms with E-state index in [2.05, 4.69) is 4.40 Å². The average Bonchev–Trinajstić information content (AvgIpc) is 2.80. The largest absolute Gasteiger partial charge is 0.493 e. The summed E-state index contributed by atoms with van der Waals surface area (Å²) in [6.45, 7) is 0.699. The van der Waals surface area contributed by atoms with Crippen molar-refractivity contribution in [2.24, 2.45) is 4.40 Å². The molecule has 3 aliphatic rings. The highest BCUT2D eigenvalue weighted by molar-refractivity contribution is 7.90. The molecule has 1 aromatic rings. The van der Waals surface area contributed by atoms with Crippen LogP contribution in [0.5, 0.6) is 11.5 Å². The summed E-state index contributed by atoms with van der Waals surface area (Å²) in [6.07, 6.45) is 5.01. The van der Waals surface area contributed by atoms with Crippen molar-refractivity contribution in [3.8, 4) is 11.5 Å². The Morgan fingerprint density at radius 3 is 2.50 bits per heavy atom. The number of benzene rings is 1. The van der Waals surface area contributed by atoms with Crippen LogP contribution in [0.3, 0.4) is 0 Å². The molecule has 170 valence electrons. The standard InChI is InChI=1S/C21H23N3O7S/c1-29-17-9-14-5-6-24(12-16(14)10-18(17)30-2)20(25)13-31-21(26)15-3-4-19-22-32(27,28)8-7-23(19)11-15/h3-4,9-11H,5-8,12-13H2,1-2H3. The second-order valence-electron chi connectivity index (χ2n) is 7.46. The number of amides is 1. The van der Waals surface area contributed by atoms with Crippen LogP contribution in [-0.2, 0) is 37.3 Å². The number of ether oxygens (including phenoxy) is 3. The smallest absolute Gasteiger partial charge is 0.340 e. The maximum Gasteiger partial charge on any atom is 0.340 e. The number of hydrogen-bond acceptors (Lipinski definition) is 8. The van der Waals surface area contributed by atoms with Gasteiger partial charge in [-0.3, -0.25) is 4.79 Å². The quantitative estimate of drug-likeness (QED) is 0.587. The molecule has 0 aromatic heterocycles. The summed E-state index contributed by atoms with van der Waals surface area (Å²) in [5.74, 6) is 0.401. The van der Waals surface area contributed by atoms with Crippen molar-refractivity contribution in [1.29, 1.82) is 0 Å². The zero-order chi connectivity index (χ0) is 22.9. The maximum atomic E-state index is 12.6. The monoisotopic (exact) mass is 461 g/mol. The zero-order valence-corrected chi connectivity index (χ0v) is 18.6. The van der Waals surface area contributed by atoms with Crippen molar-refractivity contribution in [1.82, 2.24) is 9.80 Å². The summed E-state index contributed by atoms with van der Waals surface area (Å²) >= 11 is 0. The predicted molar refractivity (Wildman–Crippen MR) is 115 cm³/mol. The molecule has 0 saturated carbocycles. The van der Waals surface area contributed by atoms with Crippen molar-refractivity contribution in [3.05, 3.63) is 47.2 Å². The Kier molecular flexibility index (Phi) is 5.92. The van der Waals surface area contributed by atoms with Gasteiger partial charge in [-0.2, -0.15) is 0 Å². The minimum atomic E-state index is -3.47. The normalized spacial score (nSPS) is 18.7. The van der Waals surface area contributed by atoms with Crippen molar-refractivity contribution in [2.75, 3.05) is 39.7 Å². The van der Waals surface area contributed by atoms with Gasteiger partial charge in [-0.25, -0.2) is 13.2 Å². The molecule has 3 aliphatic heterocycles. The average molecular weight is 461 g/mol. The Bertz CT molecular complexity index is 1150. The van der Waals surface area contributed by atoms with E-state index < -0.39 is 16.0 Å². The van der Waals surface area contributed by atoms with Crippen LogP contribution in [0.25, 0.3) is 0 Å². The first-order chi connectivity index (χ1) is 15.3. The number of amidine groups is 1. The molecule has 4 rings (SSSR count). The molecular formula is C21H23N3O7S. The Hall–Kier alpha value is -3.34. The van der Waals surface area contributed by atoms with E-state index in [0.29, 0.717) is 31.0 Å². The molecule has 0 bridgehead atoms. The molecule has 0 radical (unpaired) electrons. The second-order valence-corrected chi connectivity index (χ2v) is 9.22. The molecule has 3 heterocycles. The molecule has 1 amide bonds. The van der Waals surface area contributed by atoms with Crippen LogP contribution in [-0.4, -0.2) is 75.6 Å². The van der Waals surface area contributed by atoms with Gasteiger partial charge in [0, 0.05) is 25.8 Å². The van der Waals surface area contributed by atoms with Gasteiger partial charge in [-0.05, 0) is 41.8 Å². The molecular weight excluding hydrogens is 438 g/mol. The van der Waals surface area contributed by atoms with Crippen LogP contribution in [0, 0.1) is 0 Å². The first-order valence-electron chi connectivity index (χ1n) is 9.97. The number of sulfonamides is 1. The molecule has 0 aliphatic carbocycles. The number of fused-ring (bicyclic) bond motifs is 2. The Morgan fingerprint density at radius 1 is 1.06 bits per heavy atom. The fraction of sp³-hybridized carbons (Fsp3) is 0.381. The van der Waals surface area contributed by atoms with E-state index in [1.54, 1.807) is 24.0 Å². The third-order valence-corrected chi connectivity index (χ3v) is 6.62. The highest BCUT2D eigenvalue weighted by atomic mass is 32.2. The number of esters is 1. The lowest BCUT2D eigenvalue weighted by Crippen LogP contribution is -2.39. The van der Waals surface area contributed by atoms with Crippen LogP contribution in [0.15, 0.2) is 40.5 Å². The van der Waals surface area contributed by atoms with E-state index in [9.17, 15) is 18.0 Å². The van der Waals surface area contributed by atoms with Crippen LogP contribution in [0.4, 0.5) is 0 Å². The van der Waals surface area contributed by atoms with E-state index in [-0.39, 0.29) is 36.2 Å². The molecule has 0 spiro atoms. The SMILES string of the molecule is COc1cc2c(cc1OC)CN(C(=O)COC(=O)C1=CN3CCS(=O)(=O)N=C3C=C1)CC2. The summed E-state index contributed by atoms with van der Waals surface area (Å²) in [4.78, 5) is 28.2. The fourth-order valence-corrected chi connectivity index (χ4v) is 4.69. The van der Waals surface area contributed by atoms with Crippen molar-refractivity contribution >= 4 is 27.7 Å². The number of hydrogen-bond donors (Lipinski definition) is 0. The van der Waals surface area contributed by atoms with Gasteiger partial charge in [0.1, 0.15) is 5.84 Å². The van der Waals surface area contributed by atoms with E-state index in [0.717, 1.165) is 11.1 Å². The molecule has 0 unspecified atom stereocenters. The molecule has 1 aromatic carbocycles. The van der Waals surface area contributed by atoms with Gasteiger partial charge in [-0.1, -0.05) is 0 Å². The fourth-order valence-electron chi connectivity index (χ4n) is 3.72. The number of carbonyl (C=O) groups is 2. The Morgan fingerprint density at radius 2 is 1.78 bits per heavy atom. The first-order valence-corrected chi connectivity index (χ1v) is 11.6. The number of methoxy groups -OCH3 is 2. The lowest BCUT2D eigenvalue weighted by atomic mass is 9.99. The zero-order valence-electron chi connectivity index (χ0n) is 17.7. The third kappa shape index (κ3) is 4.47. The van der Waals surface area contributed by atoms with E-state index in [1.165, 1.54) is 18.4 Å². The van der Waals surface area contributed by atoms with Crippen LogP contribution >= 0.6 is 0 Å². The van der Waals surface area contributed by atoms with Gasteiger partial charge in [-0.15, -0.1) is 4.40 Å². The van der Waals surface area contributed by atoms with Gasteiger partial charge in [0.05, 0.1) is 25.5 Å². The minimum Gasteiger partial charge on any atom is -0.493 e. The molecule has 0 atom stereocenters. The number of rotatable bonds is 5. The summed E-state index contributed by atoms with van der Waals surface area (Å²) in [5.41, 5.74) is 2.26. The van der Waals surface area contributed by atoms with Gasteiger partial charge < -0.3 is 24.0 Å². The highest BCUT2D eigenvalue weighted by Gasteiger charge is 2.27. The summed E-state index contributed by atoms with van der Waals surface area (Å²) in [7, 11) is -0.335. The van der Waals surface area contributed by atoms with Crippen molar-refractivity contribution in [3.63, 3.8) is 0 Å². The van der Waals surface area contributed by atoms with Gasteiger partial charge in [0.2, 0.25) is 0 Å². The molecule has 32 heavy (non-hydrogen) atoms. The summed E-state index contributed by atoms with van der Waals surface area (Å²) < 4.78 is 42.7.